The van der Waals surface area contributed by atoms with Gasteiger partial charge in [0, 0.05) is 0 Å². The van der Waals surface area contributed by atoms with Crippen LogP contribution in [0, 0.1) is 52.3 Å². The van der Waals surface area contributed by atoms with Crippen molar-refractivity contribution in [1.82, 2.24) is 0 Å². The van der Waals surface area contributed by atoms with Crippen molar-refractivity contribution in [2.24, 2.45) is 52.3 Å². The Hall–Kier alpha value is -0.560. The predicted molar refractivity (Wildman–Crippen MR) is 128 cm³/mol. The van der Waals surface area contributed by atoms with Crippen LogP contribution < -0.4 is 0 Å². The third kappa shape index (κ3) is 3.46. The quantitative estimate of drug-likeness (QED) is 0.457. The summed E-state index contributed by atoms with van der Waals surface area (Å²) in [4.78, 5) is 0. The second-order valence-electron chi connectivity index (χ2n) is 12.7. The van der Waals surface area contributed by atoms with Crippen LogP contribution in [-0.2, 0) is 0 Å². The average molecular weight is 413 g/mol. The first kappa shape index (κ1) is 22.6. The molecule has 0 amide bonds. The van der Waals surface area contributed by atoms with Crippen LogP contribution in [0.2, 0.25) is 0 Å². The molecule has 1 nitrogen and oxygen atoms in total. The van der Waals surface area contributed by atoms with E-state index in [1.807, 2.05) is 5.57 Å². The van der Waals surface area contributed by atoms with Gasteiger partial charge in [-0.05, 0) is 110 Å². The van der Waals surface area contributed by atoms with E-state index in [0.29, 0.717) is 28.6 Å². The third-order valence-corrected chi connectivity index (χ3v) is 11.1. The molecule has 4 aliphatic carbocycles. The van der Waals surface area contributed by atoms with E-state index in [2.05, 4.69) is 54.2 Å². The molecule has 3 fully saturated rings. The average Bonchev–Trinajstić information content (AvgIpc) is 3.06. The Morgan fingerprint density at radius 3 is 2.43 bits per heavy atom. The first-order chi connectivity index (χ1) is 14.1. The number of allylic oxidation sites excluding steroid dienone is 3. The minimum Gasteiger partial charge on any atom is -0.393 e. The van der Waals surface area contributed by atoms with Crippen molar-refractivity contribution in [3.8, 4) is 0 Å². The molecular formula is C29H48O. The largest absolute Gasteiger partial charge is 0.393 e. The highest BCUT2D eigenvalue weighted by atomic mass is 16.3. The SMILES string of the molecule is C=C(CC[C@@H](C)[C@H]1CC[C@H]2C3=CC[C@H]4[C@H](C)[C@@H](O)CC[C@@]4(C)[C@@H]3CC[C@@]12C)C(C)C. The minimum atomic E-state index is -0.0795. The van der Waals surface area contributed by atoms with E-state index in [0.717, 1.165) is 30.1 Å². The highest BCUT2D eigenvalue weighted by molar-refractivity contribution is 5.28. The Morgan fingerprint density at radius 2 is 1.73 bits per heavy atom. The van der Waals surface area contributed by atoms with Crippen LogP contribution in [0.3, 0.4) is 0 Å². The van der Waals surface area contributed by atoms with Crippen LogP contribution >= 0.6 is 0 Å². The Balaban J connectivity index is 1.52. The Bertz CT molecular complexity index is 688. The highest BCUT2D eigenvalue weighted by Gasteiger charge is 2.59. The zero-order valence-corrected chi connectivity index (χ0v) is 20.7. The molecule has 0 aromatic rings. The smallest absolute Gasteiger partial charge is 0.0568 e. The number of hydrogen-bond donors (Lipinski definition) is 1. The van der Waals surface area contributed by atoms with Crippen LogP contribution in [0.5, 0.6) is 0 Å². The predicted octanol–water partition coefficient (Wildman–Crippen LogP) is 7.80. The van der Waals surface area contributed by atoms with Gasteiger partial charge in [0.2, 0.25) is 0 Å². The second kappa shape index (κ2) is 8.09. The molecule has 0 unspecified atom stereocenters. The summed E-state index contributed by atoms with van der Waals surface area (Å²) in [6.07, 6.45) is 14.2. The van der Waals surface area contributed by atoms with E-state index in [9.17, 15) is 5.11 Å². The molecule has 1 N–H and O–H groups in total. The summed E-state index contributed by atoms with van der Waals surface area (Å²) in [5, 5.41) is 10.5. The van der Waals surface area contributed by atoms with Gasteiger partial charge in [-0.1, -0.05) is 65.3 Å². The molecule has 0 spiro atoms. The molecule has 170 valence electrons. The summed E-state index contributed by atoms with van der Waals surface area (Å²) in [6, 6.07) is 0. The minimum absolute atomic E-state index is 0.0795. The van der Waals surface area contributed by atoms with Crippen molar-refractivity contribution in [1.29, 1.82) is 0 Å². The Kier molecular flexibility index (Phi) is 6.10. The van der Waals surface area contributed by atoms with Crippen molar-refractivity contribution in [2.45, 2.75) is 105 Å². The van der Waals surface area contributed by atoms with Crippen molar-refractivity contribution >= 4 is 0 Å². The molecule has 0 radical (unpaired) electrons. The zero-order valence-electron chi connectivity index (χ0n) is 20.7. The van der Waals surface area contributed by atoms with E-state index in [1.54, 1.807) is 0 Å². The van der Waals surface area contributed by atoms with Gasteiger partial charge in [0.1, 0.15) is 0 Å². The van der Waals surface area contributed by atoms with Gasteiger partial charge in [0.05, 0.1) is 6.10 Å². The molecule has 3 saturated carbocycles. The monoisotopic (exact) mass is 412 g/mol. The molecule has 9 atom stereocenters. The van der Waals surface area contributed by atoms with Gasteiger partial charge < -0.3 is 5.11 Å². The van der Waals surface area contributed by atoms with Crippen molar-refractivity contribution in [3.63, 3.8) is 0 Å². The van der Waals surface area contributed by atoms with E-state index in [-0.39, 0.29) is 6.10 Å². The summed E-state index contributed by atoms with van der Waals surface area (Å²) in [5.74, 6) is 5.04. The summed E-state index contributed by atoms with van der Waals surface area (Å²) < 4.78 is 0. The fraction of sp³-hybridized carbons (Fsp3) is 0.862. The van der Waals surface area contributed by atoms with E-state index < -0.39 is 0 Å². The maximum atomic E-state index is 10.5. The summed E-state index contributed by atoms with van der Waals surface area (Å²) in [5.41, 5.74) is 4.22. The molecular weight excluding hydrogens is 364 g/mol. The van der Waals surface area contributed by atoms with Gasteiger partial charge >= 0.3 is 0 Å². The van der Waals surface area contributed by atoms with Gasteiger partial charge in [0.25, 0.3) is 0 Å². The lowest BCUT2D eigenvalue weighted by Gasteiger charge is -2.59. The second-order valence-corrected chi connectivity index (χ2v) is 12.7. The van der Waals surface area contributed by atoms with Gasteiger partial charge in [-0.25, -0.2) is 0 Å². The molecule has 30 heavy (non-hydrogen) atoms. The lowest BCUT2D eigenvalue weighted by Crippen LogP contribution is -2.52. The van der Waals surface area contributed by atoms with Gasteiger partial charge in [-0.2, -0.15) is 0 Å². The van der Waals surface area contributed by atoms with Crippen LogP contribution in [-0.4, -0.2) is 11.2 Å². The van der Waals surface area contributed by atoms with Gasteiger partial charge in [-0.15, -0.1) is 0 Å². The fourth-order valence-electron chi connectivity index (χ4n) is 8.82. The maximum absolute atomic E-state index is 10.5. The first-order valence-electron chi connectivity index (χ1n) is 13.1. The van der Waals surface area contributed by atoms with Crippen molar-refractivity contribution < 1.29 is 5.11 Å². The van der Waals surface area contributed by atoms with Crippen LogP contribution in [0.25, 0.3) is 0 Å². The number of hydrogen-bond acceptors (Lipinski definition) is 1. The fourth-order valence-corrected chi connectivity index (χ4v) is 8.82. The molecule has 0 heterocycles. The number of aliphatic hydroxyl groups is 1. The molecule has 4 rings (SSSR count). The molecule has 4 aliphatic rings. The topological polar surface area (TPSA) is 20.2 Å². The van der Waals surface area contributed by atoms with Crippen LogP contribution in [0.4, 0.5) is 0 Å². The zero-order chi connectivity index (χ0) is 21.8. The normalized spacial score (nSPS) is 46.6. The third-order valence-electron chi connectivity index (χ3n) is 11.1. The van der Waals surface area contributed by atoms with Crippen LogP contribution in [0.15, 0.2) is 23.8 Å². The Morgan fingerprint density at radius 1 is 1.07 bits per heavy atom. The van der Waals surface area contributed by atoms with E-state index >= 15 is 0 Å². The van der Waals surface area contributed by atoms with Crippen LogP contribution in [0.1, 0.15) is 99.3 Å². The molecule has 0 aromatic heterocycles. The Labute approximate surface area is 186 Å². The molecule has 1 heteroatoms. The van der Waals surface area contributed by atoms with Crippen molar-refractivity contribution in [2.75, 3.05) is 0 Å². The highest BCUT2D eigenvalue weighted by Crippen LogP contribution is 2.67. The molecule has 0 bridgehead atoms. The summed E-state index contributed by atoms with van der Waals surface area (Å²) in [7, 11) is 0. The number of aliphatic hydroxyl groups excluding tert-OH is 1. The summed E-state index contributed by atoms with van der Waals surface area (Å²) >= 11 is 0. The number of rotatable bonds is 5. The lowest BCUT2D eigenvalue weighted by molar-refractivity contribution is -0.0773. The standard InChI is InChI=1S/C29H48O/c1-18(2)19(3)8-9-20(4)23-12-13-25-22-10-11-24-21(5)27(30)15-17-29(24,7)26(22)14-16-28(23,25)6/h10,18,20-21,23-27,30H,3,8-9,11-17H2,1-2,4-7H3/t20-,21+,23-,24+,25+,26-,27+,28+,29-/m1/s1. The molecule has 0 saturated heterocycles. The molecule has 0 aromatic carbocycles. The lowest BCUT2D eigenvalue weighted by atomic mass is 9.46. The first-order valence-corrected chi connectivity index (χ1v) is 13.1. The van der Waals surface area contributed by atoms with Gasteiger partial charge in [0.15, 0.2) is 0 Å². The van der Waals surface area contributed by atoms with Gasteiger partial charge in [-0.3, -0.25) is 0 Å². The maximum Gasteiger partial charge on any atom is 0.0568 e. The molecule has 0 aliphatic heterocycles. The number of fused-ring (bicyclic) bond motifs is 5. The van der Waals surface area contributed by atoms with Crippen molar-refractivity contribution in [3.05, 3.63) is 23.8 Å². The van der Waals surface area contributed by atoms with E-state index in [4.69, 9.17) is 0 Å². The summed E-state index contributed by atoms with van der Waals surface area (Å²) in [6.45, 7) is 19.0. The van der Waals surface area contributed by atoms with E-state index in [1.165, 1.54) is 56.9 Å².